The number of nitrogens with zero attached hydrogens (tertiary/aromatic N) is 3. The van der Waals surface area contributed by atoms with Crippen LogP contribution in [0.25, 0.3) is 0 Å². The maximum Gasteiger partial charge on any atom is 0.418 e. The van der Waals surface area contributed by atoms with Crippen molar-refractivity contribution in [2.75, 3.05) is 30.3 Å². The van der Waals surface area contributed by atoms with E-state index in [9.17, 15) is 33.4 Å². The van der Waals surface area contributed by atoms with Crippen LogP contribution in [0.2, 0.25) is 0 Å². The molecule has 1 fully saturated rings. The fraction of sp³-hybridized carbons (Fsp3) is 0.571. The van der Waals surface area contributed by atoms with Crippen LogP contribution in [0.5, 0.6) is 0 Å². The summed E-state index contributed by atoms with van der Waals surface area (Å²) in [7, 11) is 0. The van der Waals surface area contributed by atoms with Gasteiger partial charge in [0, 0.05) is 25.8 Å². The molecule has 12 heteroatoms. The minimum atomic E-state index is -5.07. The van der Waals surface area contributed by atoms with Gasteiger partial charge in [0.25, 0.3) is 5.69 Å². The molecule has 1 aromatic carbocycles. The maximum absolute atomic E-state index is 13.1. The molecule has 0 saturated carbocycles. The summed E-state index contributed by atoms with van der Waals surface area (Å²) >= 11 is 0. The smallest absolute Gasteiger partial charge is 0.393 e. The number of hydrogen-bond acceptors (Lipinski definition) is 7. The number of nitrogens with two attached hydrogens (primary N) is 1. The van der Waals surface area contributed by atoms with E-state index in [1.807, 2.05) is 0 Å². The number of anilines is 2. The highest BCUT2D eigenvalue weighted by Gasteiger charge is 2.43. The second kappa shape index (κ2) is 7.32. The Morgan fingerprint density at radius 1 is 1.35 bits per heavy atom. The topological polar surface area (TPSA) is 125 Å². The Morgan fingerprint density at radius 2 is 2.00 bits per heavy atom. The Morgan fingerprint density at radius 3 is 2.42 bits per heavy atom. The van der Waals surface area contributed by atoms with Crippen LogP contribution in [0.15, 0.2) is 6.07 Å². The van der Waals surface area contributed by atoms with Crippen LogP contribution in [0.4, 0.5) is 35.9 Å². The molecule has 0 amide bonds. The first-order chi connectivity index (χ1) is 12.1. The van der Waals surface area contributed by atoms with Gasteiger partial charge in [0.05, 0.1) is 21.5 Å². The molecular weight excluding hydrogens is 361 g/mol. The van der Waals surface area contributed by atoms with Crippen LogP contribution in [-0.4, -0.2) is 35.6 Å². The summed E-state index contributed by atoms with van der Waals surface area (Å²) in [6.07, 6.45) is -3.97. The highest BCUT2D eigenvalue weighted by molar-refractivity contribution is 5.86. The van der Waals surface area contributed by atoms with Crippen LogP contribution >= 0.6 is 0 Å². The Hall–Kier alpha value is -2.63. The number of nitro benzene ring substituents is 2. The third-order valence-electron chi connectivity index (χ3n) is 4.12. The summed E-state index contributed by atoms with van der Waals surface area (Å²) in [6, 6.07) is 0.246. The van der Waals surface area contributed by atoms with Crippen molar-refractivity contribution in [1.29, 1.82) is 0 Å². The highest BCUT2D eigenvalue weighted by atomic mass is 19.4. The molecule has 2 rings (SSSR count). The van der Waals surface area contributed by atoms with Crippen LogP contribution in [0.1, 0.15) is 25.3 Å². The van der Waals surface area contributed by atoms with Gasteiger partial charge in [0.1, 0.15) is 5.69 Å². The van der Waals surface area contributed by atoms with Crippen molar-refractivity contribution in [3.8, 4) is 0 Å². The number of rotatable bonds is 6. The fourth-order valence-corrected chi connectivity index (χ4v) is 2.94. The molecule has 1 aromatic rings. The Balaban J connectivity index is 2.70. The molecule has 2 N–H and O–H groups in total. The van der Waals surface area contributed by atoms with Crippen molar-refractivity contribution in [3.05, 3.63) is 31.9 Å². The van der Waals surface area contributed by atoms with Crippen molar-refractivity contribution >= 4 is 22.7 Å². The standard InChI is InChI=1S/C14H17F3N4O5/c1-2-19(7-8-4-3-5-26-8)12-10(20(22)23)6-9(14(15,16)17)11(18)13(12)21(24)25/h6,8H,2-5,7,18H2,1H3. The lowest BCUT2D eigenvalue weighted by atomic mass is 10.1. The fourth-order valence-electron chi connectivity index (χ4n) is 2.94. The highest BCUT2D eigenvalue weighted by Crippen LogP contribution is 2.48. The molecule has 26 heavy (non-hydrogen) atoms. The average Bonchev–Trinajstić information content (AvgIpc) is 3.03. The van der Waals surface area contributed by atoms with Gasteiger partial charge in [0.2, 0.25) is 0 Å². The lowest BCUT2D eigenvalue weighted by Crippen LogP contribution is -2.33. The lowest BCUT2D eigenvalue weighted by molar-refractivity contribution is -0.392. The first kappa shape index (κ1) is 19.7. The Bertz CT molecular complexity index is 720. The predicted molar refractivity (Wildman–Crippen MR) is 86.0 cm³/mol. The number of nitro groups is 2. The number of halogens is 3. The first-order valence-electron chi connectivity index (χ1n) is 7.76. The van der Waals surface area contributed by atoms with E-state index in [4.69, 9.17) is 10.5 Å². The molecule has 1 atom stereocenters. The van der Waals surface area contributed by atoms with Gasteiger partial charge in [0.15, 0.2) is 5.69 Å². The normalized spacial score (nSPS) is 17.3. The number of benzene rings is 1. The van der Waals surface area contributed by atoms with Crippen LogP contribution < -0.4 is 10.6 Å². The summed E-state index contributed by atoms with van der Waals surface area (Å²) in [5.41, 5.74) is -0.0229. The molecule has 0 radical (unpaired) electrons. The molecule has 1 saturated heterocycles. The van der Waals surface area contributed by atoms with E-state index in [2.05, 4.69) is 0 Å². The van der Waals surface area contributed by atoms with Gasteiger partial charge in [-0.25, -0.2) is 0 Å². The molecule has 1 aliphatic heterocycles. The molecule has 1 unspecified atom stereocenters. The van der Waals surface area contributed by atoms with Gasteiger partial charge in [-0.2, -0.15) is 13.2 Å². The zero-order valence-electron chi connectivity index (χ0n) is 13.8. The quantitative estimate of drug-likeness (QED) is 0.458. The van der Waals surface area contributed by atoms with Gasteiger partial charge in [-0.3, -0.25) is 20.2 Å². The zero-order valence-corrected chi connectivity index (χ0v) is 13.8. The monoisotopic (exact) mass is 378 g/mol. The largest absolute Gasteiger partial charge is 0.418 e. The summed E-state index contributed by atoms with van der Waals surface area (Å²) in [6.45, 7) is 2.23. The van der Waals surface area contributed by atoms with E-state index in [1.54, 1.807) is 6.92 Å². The van der Waals surface area contributed by atoms with E-state index in [1.165, 1.54) is 4.90 Å². The van der Waals surface area contributed by atoms with Crippen LogP contribution in [0, 0.1) is 20.2 Å². The second-order valence-electron chi connectivity index (χ2n) is 5.74. The summed E-state index contributed by atoms with van der Waals surface area (Å²) in [5, 5.41) is 22.8. The molecule has 0 spiro atoms. The van der Waals surface area contributed by atoms with E-state index in [0.717, 1.165) is 6.42 Å². The second-order valence-corrected chi connectivity index (χ2v) is 5.74. The molecular formula is C14H17F3N4O5. The van der Waals surface area contributed by atoms with E-state index < -0.39 is 44.3 Å². The Kier molecular flexibility index (Phi) is 5.54. The van der Waals surface area contributed by atoms with E-state index in [-0.39, 0.29) is 25.3 Å². The van der Waals surface area contributed by atoms with Crippen LogP contribution in [0.3, 0.4) is 0 Å². The van der Waals surface area contributed by atoms with Crippen LogP contribution in [-0.2, 0) is 10.9 Å². The van der Waals surface area contributed by atoms with E-state index >= 15 is 0 Å². The van der Waals surface area contributed by atoms with Crippen molar-refractivity contribution in [2.45, 2.75) is 32.0 Å². The molecule has 9 nitrogen and oxygen atoms in total. The Labute approximate surface area is 145 Å². The van der Waals surface area contributed by atoms with Gasteiger partial charge in [-0.05, 0) is 19.8 Å². The molecule has 144 valence electrons. The van der Waals surface area contributed by atoms with Gasteiger partial charge < -0.3 is 15.4 Å². The lowest BCUT2D eigenvalue weighted by Gasteiger charge is -2.26. The molecule has 0 bridgehead atoms. The van der Waals surface area contributed by atoms with Gasteiger partial charge >= 0.3 is 11.9 Å². The maximum atomic E-state index is 13.1. The minimum absolute atomic E-state index is 0.0724. The molecule has 0 aromatic heterocycles. The number of ether oxygens (including phenoxy) is 1. The summed E-state index contributed by atoms with van der Waals surface area (Å²) < 4.78 is 44.8. The zero-order chi connectivity index (χ0) is 19.6. The van der Waals surface area contributed by atoms with Gasteiger partial charge in [-0.15, -0.1) is 0 Å². The number of alkyl halides is 3. The van der Waals surface area contributed by atoms with E-state index in [0.29, 0.717) is 13.0 Å². The number of hydrogen-bond donors (Lipinski definition) is 1. The summed E-state index contributed by atoms with van der Waals surface area (Å²) in [4.78, 5) is 21.9. The molecule has 1 heterocycles. The minimum Gasteiger partial charge on any atom is -0.393 e. The average molecular weight is 378 g/mol. The van der Waals surface area contributed by atoms with Crippen molar-refractivity contribution < 1.29 is 27.8 Å². The third-order valence-corrected chi connectivity index (χ3v) is 4.12. The SMILES string of the molecule is CCN(CC1CCCO1)c1c([N+](=O)[O-])cc(C(F)(F)F)c(N)c1[N+](=O)[O-]. The first-order valence-corrected chi connectivity index (χ1v) is 7.76. The summed E-state index contributed by atoms with van der Waals surface area (Å²) in [5.74, 6) is 0. The van der Waals surface area contributed by atoms with Crippen molar-refractivity contribution in [2.24, 2.45) is 0 Å². The van der Waals surface area contributed by atoms with Crippen molar-refractivity contribution in [1.82, 2.24) is 0 Å². The number of nitrogen functional groups attached to an aromatic ring is 1. The number of likely N-dealkylation sites (N-methyl/N-ethyl adjacent to an activating group) is 1. The molecule has 1 aliphatic rings. The van der Waals surface area contributed by atoms with Gasteiger partial charge in [-0.1, -0.05) is 0 Å². The third kappa shape index (κ3) is 3.79. The van der Waals surface area contributed by atoms with Crippen molar-refractivity contribution in [3.63, 3.8) is 0 Å². The predicted octanol–water partition coefficient (Wildman–Crippen LogP) is 3.11. The molecule has 0 aliphatic carbocycles.